The molecular weight excluding hydrogens is 471 g/mol. The van der Waals surface area contributed by atoms with Crippen LogP contribution in [0.4, 0.5) is 0 Å². The van der Waals surface area contributed by atoms with Gasteiger partial charge >= 0.3 is 0 Å². The van der Waals surface area contributed by atoms with E-state index in [4.69, 9.17) is 4.42 Å². The van der Waals surface area contributed by atoms with Crippen LogP contribution in [0.3, 0.4) is 0 Å². The minimum Gasteiger partial charge on any atom is -0.444 e. The maximum Gasteiger partial charge on any atom is 0.226 e. The fourth-order valence-electron chi connectivity index (χ4n) is 2.96. The smallest absolute Gasteiger partial charge is 0.226 e. The lowest BCUT2D eigenvalue weighted by Gasteiger charge is -2.24. The van der Waals surface area contributed by atoms with E-state index in [-0.39, 0.29) is 24.0 Å². The predicted molar refractivity (Wildman–Crippen MR) is 125 cm³/mol. The maximum atomic E-state index is 5.62. The van der Waals surface area contributed by atoms with E-state index >= 15 is 0 Å². The number of hydrogen-bond donors (Lipinski definition) is 2. The number of nitrogens with zero attached hydrogens (tertiary/aromatic N) is 2. The summed E-state index contributed by atoms with van der Waals surface area (Å²) in [4.78, 5) is 9.22. The lowest BCUT2D eigenvalue weighted by atomic mass is 10.1. The number of aliphatic imine (C=N–C) groups is 1. The summed E-state index contributed by atoms with van der Waals surface area (Å²) in [6, 6.07) is 8.18. The number of guanidine groups is 1. The molecule has 2 heterocycles. The summed E-state index contributed by atoms with van der Waals surface area (Å²) in [7, 11) is 0. The summed E-state index contributed by atoms with van der Waals surface area (Å²) in [5, 5.41) is 6.79. The summed E-state index contributed by atoms with van der Waals surface area (Å²) in [5.74, 6) is 2.73. The quantitative estimate of drug-likeness (QED) is 0.345. The van der Waals surface area contributed by atoms with E-state index in [2.05, 4.69) is 53.5 Å². The largest absolute Gasteiger partial charge is 0.444 e. The maximum absolute atomic E-state index is 5.62. The molecular formula is C20H29IN4OS. The fraction of sp³-hybridized carbons (Fsp3) is 0.500. The molecule has 27 heavy (non-hydrogen) atoms. The van der Waals surface area contributed by atoms with Crippen LogP contribution in [0.25, 0.3) is 11.5 Å². The van der Waals surface area contributed by atoms with Crippen molar-refractivity contribution in [3.63, 3.8) is 0 Å². The molecule has 148 valence electrons. The van der Waals surface area contributed by atoms with Gasteiger partial charge in [0.1, 0.15) is 12.0 Å². The number of halogens is 1. The minimum atomic E-state index is 0. The third-order valence-corrected chi connectivity index (χ3v) is 6.06. The van der Waals surface area contributed by atoms with Gasteiger partial charge < -0.3 is 15.1 Å². The van der Waals surface area contributed by atoms with E-state index in [0.717, 1.165) is 30.3 Å². The van der Waals surface area contributed by atoms with Gasteiger partial charge in [-0.1, -0.05) is 17.7 Å². The Kier molecular flexibility index (Phi) is 8.47. The van der Waals surface area contributed by atoms with Gasteiger partial charge in [0.25, 0.3) is 0 Å². The van der Waals surface area contributed by atoms with E-state index in [1.54, 1.807) is 6.26 Å². The Morgan fingerprint density at radius 2 is 2.07 bits per heavy atom. The lowest BCUT2D eigenvalue weighted by Crippen LogP contribution is -2.43. The Bertz CT molecular complexity index is 739. The first kappa shape index (κ1) is 22.1. The van der Waals surface area contributed by atoms with Crippen LogP contribution in [0.15, 0.2) is 39.9 Å². The van der Waals surface area contributed by atoms with Gasteiger partial charge in [-0.15, -0.1) is 24.0 Å². The first-order chi connectivity index (χ1) is 12.6. The monoisotopic (exact) mass is 500 g/mol. The molecule has 2 N–H and O–H groups in total. The highest BCUT2D eigenvalue weighted by Crippen LogP contribution is 2.36. The van der Waals surface area contributed by atoms with Crippen LogP contribution < -0.4 is 10.6 Å². The Balaban J connectivity index is 0.00000261. The number of rotatable bonds is 6. The van der Waals surface area contributed by atoms with Crippen LogP contribution in [0, 0.1) is 6.92 Å². The molecule has 1 aromatic carbocycles. The van der Waals surface area contributed by atoms with Gasteiger partial charge in [0, 0.05) is 23.4 Å². The zero-order valence-corrected chi connectivity index (χ0v) is 19.4. The molecule has 5 nitrogen and oxygen atoms in total. The molecule has 1 unspecified atom stereocenters. The Morgan fingerprint density at radius 1 is 1.30 bits per heavy atom. The van der Waals surface area contributed by atoms with Crippen molar-refractivity contribution in [2.24, 2.45) is 4.99 Å². The van der Waals surface area contributed by atoms with Crippen LogP contribution in [0.1, 0.15) is 37.9 Å². The van der Waals surface area contributed by atoms with E-state index in [1.165, 1.54) is 24.2 Å². The molecule has 0 radical (unpaired) electrons. The van der Waals surface area contributed by atoms with Crippen LogP contribution in [-0.2, 0) is 6.54 Å². The standard InChI is InChI=1S/C20H28N4OS.HI/c1-4-21-19(23-14-20(3)10-5-11-26-20)22-12-17-13-25-18(24-17)16-8-6-15(2)7-9-16;/h6-9,13H,4-5,10-12,14H2,1-3H3,(H2,21,22,23);1H. The van der Waals surface area contributed by atoms with Crippen LogP contribution >= 0.6 is 35.7 Å². The van der Waals surface area contributed by atoms with Gasteiger partial charge in [-0.2, -0.15) is 11.8 Å². The molecule has 1 aliphatic heterocycles. The molecule has 3 rings (SSSR count). The second-order valence-corrected chi connectivity index (χ2v) is 8.64. The van der Waals surface area contributed by atoms with Crippen molar-refractivity contribution in [2.45, 2.75) is 44.9 Å². The summed E-state index contributed by atoms with van der Waals surface area (Å²) < 4.78 is 5.92. The second kappa shape index (κ2) is 10.4. The normalized spacial score (nSPS) is 19.6. The lowest BCUT2D eigenvalue weighted by molar-refractivity contribution is 0.572. The number of thioether (sulfide) groups is 1. The van der Waals surface area contributed by atoms with Crippen molar-refractivity contribution in [3.8, 4) is 11.5 Å². The first-order valence-corrected chi connectivity index (χ1v) is 10.2. The van der Waals surface area contributed by atoms with Crippen LogP contribution in [0.2, 0.25) is 0 Å². The van der Waals surface area contributed by atoms with Crippen molar-refractivity contribution in [1.29, 1.82) is 0 Å². The molecule has 0 spiro atoms. The van der Waals surface area contributed by atoms with Crippen LogP contribution in [0.5, 0.6) is 0 Å². The zero-order valence-electron chi connectivity index (χ0n) is 16.2. The average Bonchev–Trinajstić information content (AvgIpc) is 3.28. The van der Waals surface area contributed by atoms with E-state index in [9.17, 15) is 0 Å². The Labute approximate surface area is 183 Å². The summed E-state index contributed by atoms with van der Waals surface area (Å²) in [5.41, 5.74) is 3.04. The highest BCUT2D eigenvalue weighted by Gasteiger charge is 2.29. The fourth-order valence-corrected chi connectivity index (χ4v) is 4.20. The van der Waals surface area contributed by atoms with Crippen molar-refractivity contribution in [1.82, 2.24) is 15.6 Å². The Morgan fingerprint density at radius 3 is 2.74 bits per heavy atom. The SMILES string of the molecule is CCNC(=NCc1coc(-c2ccc(C)cc2)n1)NCC1(C)CCCS1.I. The van der Waals surface area contributed by atoms with Gasteiger partial charge in [0.2, 0.25) is 5.89 Å². The van der Waals surface area contributed by atoms with Crippen molar-refractivity contribution >= 4 is 41.7 Å². The zero-order chi connectivity index (χ0) is 18.4. The molecule has 1 aliphatic rings. The third kappa shape index (κ3) is 6.41. The van der Waals surface area contributed by atoms with E-state index in [0.29, 0.717) is 17.2 Å². The number of oxazole rings is 1. The Hall–Kier alpha value is -1.22. The van der Waals surface area contributed by atoms with Crippen molar-refractivity contribution in [3.05, 3.63) is 41.8 Å². The summed E-state index contributed by atoms with van der Waals surface area (Å²) in [6.07, 6.45) is 4.25. The molecule has 7 heteroatoms. The second-order valence-electron chi connectivity index (χ2n) is 6.96. The molecule has 2 aromatic rings. The molecule has 1 aromatic heterocycles. The van der Waals surface area contributed by atoms with Gasteiger partial charge in [-0.3, -0.25) is 0 Å². The van der Waals surface area contributed by atoms with Gasteiger partial charge in [-0.25, -0.2) is 9.98 Å². The summed E-state index contributed by atoms with van der Waals surface area (Å²) >= 11 is 2.05. The topological polar surface area (TPSA) is 62.5 Å². The number of nitrogens with one attached hydrogen (secondary N) is 2. The predicted octanol–water partition coefficient (Wildman–Crippen LogP) is 4.61. The van der Waals surface area contributed by atoms with Gasteiger partial charge in [-0.05, 0) is 51.5 Å². The number of benzene rings is 1. The molecule has 1 atom stereocenters. The summed E-state index contributed by atoms with van der Waals surface area (Å²) in [6.45, 7) is 8.73. The molecule has 1 saturated heterocycles. The molecule has 0 saturated carbocycles. The average molecular weight is 500 g/mol. The highest BCUT2D eigenvalue weighted by atomic mass is 127. The van der Waals surface area contributed by atoms with Crippen LogP contribution in [-0.4, -0.2) is 34.5 Å². The molecule has 0 bridgehead atoms. The molecule has 0 amide bonds. The first-order valence-electron chi connectivity index (χ1n) is 9.25. The van der Waals surface area contributed by atoms with E-state index < -0.39 is 0 Å². The third-order valence-electron chi connectivity index (χ3n) is 4.52. The van der Waals surface area contributed by atoms with Gasteiger partial charge in [0.15, 0.2) is 5.96 Å². The molecule has 0 aliphatic carbocycles. The van der Waals surface area contributed by atoms with Gasteiger partial charge in [0.05, 0.1) is 6.54 Å². The van der Waals surface area contributed by atoms with E-state index in [1.807, 2.05) is 23.9 Å². The highest BCUT2D eigenvalue weighted by molar-refractivity contribution is 14.0. The van der Waals surface area contributed by atoms with Crippen molar-refractivity contribution < 1.29 is 4.42 Å². The van der Waals surface area contributed by atoms with Crippen molar-refractivity contribution in [2.75, 3.05) is 18.8 Å². The number of aryl methyl sites for hydroxylation is 1. The number of hydrogen-bond acceptors (Lipinski definition) is 4. The number of aromatic nitrogens is 1. The minimum absolute atomic E-state index is 0. The molecule has 1 fully saturated rings.